The van der Waals surface area contributed by atoms with Crippen LogP contribution in [0.15, 0.2) is 28.0 Å². The Kier molecular flexibility index (Phi) is 11.8. The lowest BCUT2D eigenvalue weighted by atomic mass is 10.1. The van der Waals surface area contributed by atoms with E-state index in [1.165, 1.54) is 0 Å². The van der Waals surface area contributed by atoms with Crippen LogP contribution in [0.2, 0.25) is 0 Å². The molecule has 25 heavy (non-hydrogen) atoms. The number of hydrogen-bond donors (Lipinski definition) is 2. The molecule has 0 atom stereocenters. The second-order valence-electron chi connectivity index (χ2n) is 6.45. The highest BCUT2D eigenvalue weighted by atomic mass is 127. The minimum absolute atomic E-state index is 0. The van der Waals surface area contributed by atoms with Crippen LogP contribution in [0, 0.1) is 6.92 Å². The van der Waals surface area contributed by atoms with Crippen molar-refractivity contribution in [1.82, 2.24) is 15.2 Å². The zero-order chi connectivity index (χ0) is 18.0. The average Bonchev–Trinajstić information content (AvgIpc) is 2.54. The highest BCUT2D eigenvalue weighted by Crippen LogP contribution is 2.07. The maximum atomic E-state index is 11.8. The van der Waals surface area contributed by atoms with Gasteiger partial charge in [0, 0.05) is 38.5 Å². The first-order valence-electron chi connectivity index (χ1n) is 8.63. The molecule has 0 bridgehead atoms. The van der Waals surface area contributed by atoms with Gasteiger partial charge in [-0.15, -0.1) is 24.0 Å². The van der Waals surface area contributed by atoms with Crippen molar-refractivity contribution in [3.8, 4) is 0 Å². The van der Waals surface area contributed by atoms with Crippen LogP contribution >= 0.6 is 24.0 Å². The molecule has 0 aliphatic heterocycles. The third kappa shape index (κ3) is 9.25. The molecule has 1 aromatic rings. The maximum Gasteiger partial charge on any atom is 0.250 e. The van der Waals surface area contributed by atoms with Crippen molar-refractivity contribution in [1.29, 1.82) is 0 Å². The van der Waals surface area contributed by atoms with E-state index < -0.39 is 0 Å². The molecule has 0 unspecified atom stereocenters. The second kappa shape index (κ2) is 12.3. The Morgan fingerprint density at radius 2 is 2.00 bits per heavy atom. The van der Waals surface area contributed by atoms with Crippen molar-refractivity contribution in [3.05, 3.63) is 34.2 Å². The highest BCUT2D eigenvalue weighted by molar-refractivity contribution is 14.0. The second-order valence-corrected chi connectivity index (χ2v) is 6.45. The van der Waals surface area contributed by atoms with E-state index in [1.54, 1.807) is 19.2 Å². The first-order chi connectivity index (χ1) is 11.4. The molecule has 0 aliphatic carbocycles. The van der Waals surface area contributed by atoms with Crippen LogP contribution in [0.4, 0.5) is 0 Å². The van der Waals surface area contributed by atoms with Crippen molar-refractivity contribution < 1.29 is 4.74 Å². The summed E-state index contributed by atoms with van der Waals surface area (Å²) in [7, 11) is 1.70. The van der Waals surface area contributed by atoms with Crippen molar-refractivity contribution in [2.75, 3.05) is 26.7 Å². The Hall–Kier alpha value is -1.09. The summed E-state index contributed by atoms with van der Waals surface area (Å²) in [5.41, 5.74) is 0.806. The summed E-state index contributed by atoms with van der Waals surface area (Å²) in [4.78, 5) is 16.4. The van der Waals surface area contributed by atoms with Crippen molar-refractivity contribution in [2.45, 2.75) is 52.7 Å². The van der Waals surface area contributed by atoms with E-state index in [0.717, 1.165) is 44.1 Å². The largest absolute Gasteiger partial charge is 0.377 e. The number of rotatable bonds is 9. The summed E-state index contributed by atoms with van der Waals surface area (Å²) < 4.78 is 7.21. The van der Waals surface area contributed by atoms with Gasteiger partial charge < -0.3 is 19.9 Å². The number of aryl methyl sites for hydroxylation is 1. The number of methoxy groups -OCH3 is 1. The highest BCUT2D eigenvalue weighted by Gasteiger charge is 2.15. The third-order valence-electron chi connectivity index (χ3n) is 3.88. The van der Waals surface area contributed by atoms with Gasteiger partial charge in [0.25, 0.3) is 5.56 Å². The van der Waals surface area contributed by atoms with E-state index in [1.807, 2.05) is 38.3 Å². The fourth-order valence-corrected chi connectivity index (χ4v) is 2.19. The summed E-state index contributed by atoms with van der Waals surface area (Å²) in [6, 6.07) is 5.38. The quantitative estimate of drug-likeness (QED) is 0.255. The van der Waals surface area contributed by atoms with E-state index in [2.05, 4.69) is 15.6 Å². The number of guanidine groups is 1. The smallest absolute Gasteiger partial charge is 0.250 e. The molecule has 0 aliphatic rings. The molecule has 2 N–H and O–H groups in total. The normalized spacial score (nSPS) is 11.8. The fraction of sp³-hybridized carbons (Fsp3) is 0.667. The minimum Gasteiger partial charge on any atom is -0.377 e. The van der Waals surface area contributed by atoms with E-state index in [4.69, 9.17) is 4.74 Å². The van der Waals surface area contributed by atoms with E-state index >= 15 is 0 Å². The lowest BCUT2D eigenvalue weighted by Gasteiger charge is -2.21. The van der Waals surface area contributed by atoms with Crippen LogP contribution in [0.25, 0.3) is 0 Å². The molecular weight excluding hydrogens is 431 g/mol. The Morgan fingerprint density at radius 3 is 2.60 bits per heavy atom. The van der Waals surface area contributed by atoms with Gasteiger partial charge in [0.05, 0.1) is 12.1 Å². The summed E-state index contributed by atoms with van der Waals surface area (Å²) in [6.07, 6.45) is 1.92. The molecule has 0 amide bonds. The Balaban J connectivity index is 0.00000576. The summed E-state index contributed by atoms with van der Waals surface area (Å²) in [6.45, 7) is 11.0. The van der Waals surface area contributed by atoms with Crippen LogP contribution in [0.3, 0.4) is 0 Å². The number of nitrogens with zero attached hydrogens (tertiary/aromatic N) is 2. The van der Waals surface area contributed by atoms with E-state index in [-0.39, 0.29) is 35.1 Å². The molecule has 6 nitrogen and oxygen atoms in total. The Bertz CT molecular complexity index is 585. The number of unbranched alkanes of at least 4 members (excludes halogenated alkanes) is 1. The molecule has 0 saturated carbocycles. The maximum absolute atomic E-state index is 11.8. The van der Waals surface area contributed by atoms with Crippen LogP contribution < -0.4 is 16.2 Å². The van der Waals surface area contributed by atoms with Gasteiger partial charge in [-0.3, -0.25) is 9.79 Å². The van der Waals surface area contributed by atoms with Crippen LogP contribution in [-0.2, 0) is 11.3 Å². The van der Waals surface area contributed by atoms with Gasteiger partial charge >= 0.3 is 0 Å². The van der Waals surface area contributed by atoms with Crippen molar-refractivity contribution in [3.63, 3.8) is 0 Å². The molecule has 144 valence electrons. The minimum atomic E-state index is -0.269. The lowest BCUT2D eigenvalue weighted by molar-refractivity contribution is 0.0310. The number of aliphatic imine (C=N–C) groups is 1. The first kappa shape index (κ1) is 23.9. The summed E-state index contributed by atoms with van der Waals surface area (Å²) >= 11 is 0. The van der Waals surface area contributed by atoms with Crippen molar-refractivity contribution >= 4 is 29.9 Å². The number of halogens is 1. The molecule has 0 aromatic carbocycles. The van der Waals surface area contributed by atoms with Gasteiger partial charge in [-0.25, -0.2) is 0 Å². The van der Waals surface area contributed by atoms with Gasteiger partial charge in [-0.2, -0.15) is 0 Å². The third-order valence-corrected chi connectivity index (χ3v) is 3.88. The average molecular weight is 464 g/mol. The molecule has 1 aromatic heterocycles. The van der Waals surface area contributed by atoms with Crippen molar-refractivity contribution in [2.24, 2.45) is 4.99 Å². The first-order valence-corrected chi connectivity index (χ1v) is 8.63. The molecule has 0 fully saturated rings. The number of nitrogens with one attached hydrogen (secondary N) is 2. The molecule has 7 heteroatoms. The number of ether oxygens (including phenoxy) is 1. The monoisotopic (exact) mass is 464 g/mol. The zero-order valence-corrected chi connectivity index (χ0v) is 18.4. The Morgan fingerprint density at radius 1 is 1.28 bits per heavy atom. The van der Waals surface area contributed by atoms with Crippen LogP contribution in [-0.4, -0.2) is 42.9 Å². The SMILES string of the molecule is CCNC(=NCC(C)(C)OC)NCCCCn1c(C)cccc1=O.I. The summed E-state index contributed by atoms with van der Waals surface area (Å²) in [5, 5.41) is 6.56. The van der Waals surface area contributed by atoms with E-state index in [9.17, 15) is 4.79 Å². The van der Waals surface area contributed by atoms with Crippen LogP contribution in [0.1, 0.15) is 39.3 Å². The Labute approximate surface area is 168 Å². The number of hydrogen-bond acceptors (Lipinski definition) is 3. The van der Waals surface area contributed by atoms with Gasteiger partial charge in [0.1, 0.15) is 0 Å². The predicted molar refractivity (Wildman–Crippen MR) is 115 cm³/mol. The van der Waals surface area contributed by atoms with Gasteiger partial charge in [-0.1, -0.05) is 6.07 Å². The molecule has 1 heterocycles. The molecule has 0 saturated heterocycles. The zero-order valence-electron chi connectivity index (χ0n) is 16.1. The number of aromatic nitrogens is 1. The van der Waals surface area contributed by atoms with Crippen LogP contribution in [0.5, 0.6) is 0 Å². The molecule has 1 rings (SSSR count). The summed E-state index contributed by atoms with van der Waals surface area (Å²) in [5.74, 6) is 0.802. The van der Waals surface area contributed by atoms with Gasteiger partial charge in [-0.05, 0) is 46.6 Å². The molecule has 0 radical (unpaired) electrons. The fourth-order valence-electron chi connectivity index (χ4n) is 2.19. The lowest BCUT2D eigenvalue weighted by Crippen LogP contribution is -2.39. The van der Waals surface area contributed by atoms with E-state index in [0.29, 0.717) is 6.54 Å². The molecular formula is C18H33IN4O2. The van der Waals surface area contributed by atoms with Gasteiger partial charge in [0.2, 0.25) is 0 Å². The molecule has 0 spiro atoms. The predicted octanol–water partition coefficient (Wildman–Crippen LogP) is 2.54. The van der Waals surface area contributed by atoms with Gasteiger partial charge in [0.15, 0.2) is 5.96 Å². The topological polar surface area (TPSA) is 67.7 Å². The number of pyridine rings is 1. The standard InChI is InChI=1S/C18H32N4O2.HI/c1-6-19-17(21-14-18(3,4)24-5)20-12-7-8-13-22-15(2)10-9-11-16(22)23;/h9-11H,6-8,12-14H2,1-5H3,(H2,19,20,21);1H.